The molecule has 3 aliphatic heterocycles. The number of amidine groups is 1. The number of benzene rings is 3. The van der Waals surface area contributed by atoms with E-state index in [0.29, 0.717) is 41.7 Å². The minimum atomic E-state index is -1.28. The Bertz CT molecular complexity index is 2130. The van der Waals surface area contributed by atoms with Gasteiger partial charge in [-0.2, -0.15) is 0 Å². The number of urea groups is 1. The number of anilines is 1. The van der Waals surface area contributed by atoms with E-state index in [1.54, 1.807) is 16.5 Å². The van der Waals surface area contributed by atoms with E-state index in [1.807, 2.05) is 0 Å². The Balaban J connectivity index is 1.13. The third kappa shape index (κ3) is 6.55. The van der Waals surface area contributed by atoms with Gasteiger partial charge in [0.25, 0.3) is 0 Å². The Kier molecular flexibility index (Phi) is 9.26. The number of esters is 1. The summed E-state index contributed by atoms with van der Waals surface area (Å²) >= 11 is 7.81. The molecule has 51 heavy (non-hydrogen) atoms. The van der Waals surface area contributed by atoms with E-state index in [1.165, 1.54) is 59.7 Å². The van der Waals surface area contributed by atoms with E-state index in [-0.39, 0.29) is 58.1 Å². The van der Waals surface area contributed by atoms with Crippen molar-refractivity contribution < 1.29 is 37.4 Å². The molecular weight excluding hydrogens is 709 g/mol. The van der Waals surface area contributed by atoms with Gasteiger partial charge in [-0.05, 0) is 42.0 Å². The lowest BCUT2D eigenvalue weighted by Crippen LogP contribution is -2.53. The summed E-state index contributed by atoms with van der Waals surface area (Å²) in [7, 11) is 1.26. The summed E-state index contributed by atoms with van der Waals surface area (Å²) in [6, 6.07) is 9.62. The summed E-state index contributed by atoms with van der Waals surface area (Å²) in [5.74, 6) is -3.63. The number of thiazole rings is 1. The summed E-state index contributed by atoms with van der Waals surface area (Å²) in [4.78, 5) is 52.2. The van der Waals surface area contributed by atoms with Crippen molar-refractivity contribution >= 4 is 52.4 Å². The number of methoxy groups -OCH3 is 1. The number of ether oxygens (including phenoxy) is 1. The first-order valence-electron chi connectivity index (χ1n) is 15.7. The number of halogens is 4. The van der Waals surface area contributed by atoms with Crippen LogP contribution in [-0.2, 0) is 9.53 Å². The number of aromatic carboxylic acids is 1. The number of amides is 2. The van der Waals surface area contributed by atoms with Crippen molar-refractivity contribution in [3.8, 4) is 11.1 Å². The quantitative estimate of drug-likeness (QED) is 0.220. The maximum Gasteiger partial charge on any atom is 0.338 e. The van der Waals surface area contributed by atoms with Gasteiger partial charge in [0.1, 0.15) is 23.5 Å². The number of carbonyl (C=O) groups is 3. The van der Waals surface area contributed by atoms with Gasteiger partial charge in [-0.3, -0.25) is 14.8 Å². The van der Waals surface area contributed by atoms with Gasteiger partial charge < -0.3 is 20.1 Å². The molecule has 3 aromatic carbocycles. The molecule has 0 spiro atoms. The van der Waals surface area contributed by atoms with Crippen LogP contribution in [0.1, 0.15) is 27.0 Å². The number of fused-ring (bicyclic) bond motifs is 1. The monoisotopic (exact) mass is 736 g/mol. The minimum Gasteiger partial charge on any atom is -0.478 e. The average Bonchev–Trinajstić information content (AvgIpc) is 3.76. The van der Waals surface area contributed by atoms with Crippen molar-refractivity contribution in [2.75, 3.05) is 44.7 Å². The van der Waals surface area contributed by atoms with Crippen molar-refractivity contribution in [1.82, 2.24) is 20.1 Å². The number of carbonyl (C=O) groups excluding carboxylic acids is 2. The molecule has 262 valence electrons. The van der Waals surface area contributed by atoms with Crippen LogP contribution in [0.25, 0.3) is 11.1 Å². The fourth-order valence-electron chi connectivity index (χ4n) is 6.58. The molecular formula is C35H28ClF3N6O5S. The molecule has 2 amide bonds. The zero-order chi connectivity index (χ0) is 36.0. The van der Waals surface area contributed by atoms with Crippen molar-refractivity contribution in [2.24, 2.45) is 4.99 Å². The summed E-state index contributed by atoms with van der Waals surface area (Å²) in [5.41, 5.74) is 1.08. The molecule has 7 rings (SSSR count). The largest absolute Gasteiger partial charge is 0.478 e. The highest BCUT2D eigenvalue weighted by molar-refractivity contribution is 7.11. The van der Waals surface area contributed by atoms with E-state index in [2.05, 4.69) is 15.2 Å². The van der Waals surface area contributed by atoms with Crippen molar-refractivity contribution in [3.63, 3.8) is 0 Å². The van der Waals surface area contributed by atoms with Crippen molar-refractivity contribution in [3.05, 3.63) is 116 Å². The van der Waals surface area contributed by atoms with Crippen LogP contribution in [0.5, 0.6) is 0 Å². The number of nitrogens with one attached hydrogen (secondary N) is 1. The number of carboxylic acid groups (broad SMARTS) is 1. The number of aliphatic imine (C=N–C) groups is 1. The molecule has 16 heteroatoms. The molecule has 0 saturated carbocycles. The molecule has 11 nitrogen and oxygen atoms in total. The molecule has 2 saturated heterocycles. The molecule has 0 radical (unpaired) electrons. The third-order valence-corrected chi connectivity index (χ3v) is 10.1. The molecule has 1 aromatic heterocycles. The maximum absolute atomic E-state index is 15.6. The molecule has 3 aliphatic rings. The molecule has 2 atom stereocenters. The average molecular weight is 737 g/mol. The number of hydrogen-bond acceptors (Lipinski definition) is 9. The zero-order valence-electron chi connectivity index (χ0n) is 26.8. The summed E-state index contributed by atoms with van der Waals surface area (Å²) in [6.07, 6.45) is 1.62. The zero-order valence-corrected chi connectivity index (χ0v) is 28.3. The van der Waals surface area contributed by atoms with Gasteiger partial charge in [0.2, 0.25) is 0 Å². The second kappa shape index (κ2) is 13.8. The van der Waals surface area contributed by atoms with Crippen LogP contribution in [0.15, 0.2) is 82.4 Å². The second-order valence-corrected chi connectivity index (χ2v) is 13.3. The first-order valence-corrected chi connectivity index (χ1v) is 16.9. The van der Waals surface area contributed by atoms with Gasteiger partial charge in [-0.25, -0.2) is 32.5 Å². The molecule has 0 unspecified atom stereocenters. The predicted molar refractivity (Wildman–Crippen MR) is 183 cm³/mol. The van der Waals surface area contributed by atoms with Gasteiger partial charge in [-0.1, -0.05) is 29.8 Å². The van der Waals surface area contributed by atoms with Crippen LogP contribution in [0, 0.1) is 17.5 Å². The number of carboxylic acids is 1. The van der Waals surface area contributed by atoms with E-state index in [4.69, 9.17) is 26.4 Å². The third-order valence-electron chi connectivity index (χ3n) is 9.01. The summed E-state index contributed by atoms with van der Waals surface area (Å²) in [5, 5.41) is 14.8. The predicted octanol–water partition coefficient (Wildman–Crippen LogP) is 5.72. The van der Waals surface area contributed by atoms with Crippen molar-refractivity contribution in [1.29, 1.82) is 0 Å². The molecule has 0 bridgehead atoms. The van der Waals surface area contributed by atoms with Gasteiger partial charge in [0.05, 0.1) is 30.0 Å². The Morgan fingerprint density at radius 1 is 1.06 bits per heavy atom. The first-order chi connectivity index (χ1) is 24.5. The Hall–Kier alpha value is -5.25. The highest BCUT2D eigenvalue weighted by Crippen LogP contribution is 2.38. The highest BCUT2D eigenvalue weighted by atomic mass is 35.5. The molecule has 2 N–H and O–H groups in total. The van der Waals surface area contributed by atoms with Gasteiger partial charge >= 0.3 is 18.0 Å². The fraction of sp³-hybridized carbons (Fsp3) is 0.229. The smallest absolute Gasteiger partial charge is 0.338 e. The van der Waals surface area contributed by atoms with Gasteiger partial charge in [-0.15, -0.1) is 11.3 Å². The summed E-state index contributed by atoms with van der Waals surface area (Å²) < 4.78 is 49.4. The van der Waals surface area contributed by atoms with E-state index < -0.39 is 35.4 Å². The normalized spacial score (nSPS) is 19.2. The maximum atomic E-state index is 15.6. The molecule has 2 fully saturated rings. The number of rotatable bonds is 8. The lowest BCUT2D eigenvalue weighted by atomic mass is 9.95. The molecule has 0 aliphatic carbocycles. The lowest BCUT2D eigenvalue weighted by molar-refractivity contribution is -0.136. The van der Waals surface area contributed by atoms with Crippen LogP contribution in [0.4, 0.5) is 23.7 Å². The number of aromatic nitrogens is 1. The number of hydrogen-bond donors (Lipinski definition) is 2. The first kappa shape index (κ1) is 34.2. The van der Waals surface area contributed by atoms with E-state index in [0.717, 1.165) is 18.2 Å². The van der Waals surface area contributed by atoms with Crippen LogP contribution >= 0.6 is 22.9 Å². The summed E-state index contributed by atoms with van der Waals surface area (Å²) in [6.45, 7) is 1.52. The Morgan fingerprint density at radius 2 is 1.88 bits per heavy atom. The highest BCUT2D eigenvalue weighted by Gasteiger charge is 2.43. The fourth-order valence-corrected chi connectivity index (χ4v) is 7.44. The SMILES string of the molecule is COC(=O)C1=C(CN2CCN3C(=O)N(c4ccc(-c5ccc(C(=O)O)cc5F)cc4F)C[C@@H]3C2)NC(c2nccs2)=N[C@H]1c1ccc(F)cc1Cl. The second-order valence-electron chi connectivity index (χ2n) is 12.0. The molecule has 4 aromatic rings. The van der Waals surface area contributed by atoms with Crippen LogP contribution in [0.3, 0.4) is 0 Å². The minimum absolute atomic E-state index is 0.0233. The van der Waals surface area contributed by atoms with Gasteiger partial charge in [0, 0.05) is 66.1 Å². The number of piperazine rings is 1. The van der Waals surface area contributed by atoms with Crippen LogP contribution in [0.2, 0.25) is 5.02 Å². The number of nitrogens with zero attached hydrogens (tertiary/aromatic N) is 5. The van der Waals surface area contributed by atoms with E-state index >= 15 is 4.39 Å². The van der Waals surface area contributed by atoms with Crippen molar-refractivity contribution in [2.45, 2.75) is 12.1 Å². The lowest BCUT2D eigenvalue weighted by Gasteiger charge is -2.38. The Morgan fingerprint density at radius 3 is 2.57 bits per heavy atom. The van der Waals surface area contributed by atoms with Gasteiger partial charge in [0.15, 0.2) is 10.8 Å². The standard InChI is InChI=1S/C35H28ClF3N6O5S/c1-50-34(48)29-27(41-31(32-40-8-11-51-32)42-30(29)23-6-4-20(37)14-24(23)36)17-43-9-10-44-21(15-43)16-45(35(44)49)28-7-3-18(12-26(28)39)22-5-2-19(33(46)47)13-25(22)38/h2-8,11-14,21,30H,9-10,15-17H2,1H3,(H,41,42)(H,46,47)/t21-,30-/m0/s1. The molecule has 4 heterocycles. The Labute approximate surface area is 298 Å². The van der Waals surface area contributed by atoms with E-state index in [9.17, 15) is 23.2 Å². The van der Waals surface area contributed by atoms with Crippen LogP contribution < -0.4 is 10.2 Å². The van der Waals surface area contributed by atoms with Crippen LogP contribution in [-0.4, -0.2) is 89.6 Å². The topological polar surface area (TPSA) is 128 Å².